The molecule has 4 fully saturated rings. The summed E-state index contributed by atoms with van der Waals surface area (Å²) in [5.41, 5.74) is 0. The van der Waals surface area contributed by atoms with Gasteiger partial charge in [-0.25, -0.2) is 0 Å². The average molecular weight is 453 g/mol. The Labute approximate surface area is 195 Å². The van der Waals surface area contributed by atoms with Crippen LogP contribution in [-0.2, 0) is 4.74 Å². The molecule has 4 atom stereocenters. The smallest absolute Gasteiger partial charge is 0.0594 e. The average Bonchev–Trinajstić information content (AvgIpc) is 2.84. The van der Waals surface area contributed by atoms with Crippen LogP contribution in [0, 0.1) is 0 Å². The fraction of sp³-hybridized carbons (Fsp3) is 1.00. The molecule has 8 heteroatoms. The highest BCUT2D eigenvalue weighted by Gasteiger charge is 2.43. The van der Waals surface area contributed by atoms with Crippen molar-refractivity contribution in [1.82, 2.24) is 29.8 Å². The standard InChI is InChI=1S/C24H48N6O2/c1-20(27-8-4-22(31)5-9-27)24(30-14-12-26(3)13-15-30)23(29-10-6-25-7-11-29)21(2)28-16-18-32-19-17-28/h20-25,31H,4-19H2,1-3H3/t20-,21-,23-,24+/m0/s1. The lowest BCUT2D eigenvalue weighted by Gasteiger charge is -2.54. The number of likely N-dealkylation sites (N-methyl/N-ethyl adjacent to an activating group) is 1. The van der Waals surface area contributed by atoms with Crippen LogP contribution in [0.5, 0.6) is 0 Å². The summed E-state index contributed by atoms with van der Waals surface area (Å²) >= 11 is 0. The van der Waals surface area contributed by atoms with E-state index in [-0.39, 0.29) is 6.10 Å². The van der Waals surface area contributed by atoms with Crippen molar-refractivity contribution in [3.8, 4) is 0 Å². The number of nitrogens with zero attached hydrogens (tertiary/aromatic N) is 5. The number of likely N-dealkylation sites (tertiary alicyclic amines) is 1. The molecule has 2 N–H and O–H groups in total. The Balaban J connectivity index is 1.61. The molecule has 4 aliphatic heterocycles. The van der Waals surface area contributed by atoms with Crippen molar-refractivity contribution < 1.29 is 9.84 Å². The maximum atomic E-state index is 10.1. The lowest BCUT2D eigenvalue weighted by molar-refractivity contribution is -0.0593. The highest BCUT2D eigenvalue weighted by Crippen LogP contribution is 2.28. The van der Waals surface area contributed by atoms with Gasteiger partial charge in [0, 0.05) is 103 Å². The minimum Gasteiger partial charge on any atom is -0.393 e. The fourth-order valence-electron chi connectivity index (χ4n) is 6.42. The van der Waals surface area contributed by atoms with Crippen LogP contribution in [-0.4, -0.2) is 159 Å². The van der Waals surface area contributed by atoms with Gasteiger partial charge in [0.1, 0.15) is 0 Å². The van der Waals surface area contributed by atoms with Crippen LogP contribution < -0.4 is 5.32 Å². The molecule has 0 unspecified atom stereocenters. The predicted molar refractivity (Wildman–Crippen MR) is 129 cm³/mol. The largest absolute Gasteiger partial charge is 0.393 e. The maximum Gasteiger partial charge on any atom is 0.0594 e. The molecule has 186 valence electrons. The van der Waals surface area contributed by atoms with Crippen LogP contribution >= 0.6 is 0 Å². The van der Waals surface area contributed by atoms with Gasteiger partial charge in [0.2, 0.25) is 0 Å². The van der Waals surface area contributed by atoms with Gasteiger partial charge in [-0.05, 0) is 33.7 Å². The van der Waals surface area contributed by atoms with Gasteiger partial charge in [-0.2, -0.15) is 0 Å². The summed E-state index contributed by atoms with van der Waals surface area (Å²) in [5, 5.41) is 13.7. The van der Waals surface area contributed by atoms with Crippen LogP contribution in [0.2, 0.25) is 0 Å². The fourth-order valence-corrected chi connectivity index (χ4v) is 6.42. The summed E-state index contributed by atoms with van der Waals surface area (Å²) in [7, 11) is 2.26. The van der Waals surface area contributed by atoms with Gasteiger partial charge in [-0.3, -0.25) is 19.6 Å². The van der Waals surface area contributed by atoms with Crippen molar-refractivity contribution in [1.29, 1.82) is 0 Å². The molecule has 4 aliphatic rings. The number of piperazine rings is 2. The molecule has 4 heterocycles. The molecule has 0 spiro atoms. The van der Waals surface area contributed by atoms with Crippen LogP contribution in [0.4, 0.5) is 0 Å². The Hall–Kier alpha value is -0.320. The normalized spacial score (nSPS) is 30.8. The number of piperidine rings is 1. The second-order valence-electron chi connectivity index (χ2n) is 10.5. The van der Waals surface area contributed by atoms with Crippen molar-refractivity contribution in [2.24, 2.45) is 0 Å². The third-order valence-electron chi connectivity index (χ3n) is 8.57. The van der Waals surface area contributed by atoms with Gasteiger partial charge in [0.15, 0.2) is 0 Å². The van der Waals surface area contributed by atoms with Crippen molar-refractivity contribution in [2.45, 2.75) is 57.0 Å². The number of nitrogens with one attached hydrogen (secondary N) is 1. The van der Waals surface area contributed by atoms with Crippen molar-refractivity contribution in [2.75, 3.05) is 98.8 Å². The topological polar surface area (TPSA) is 57.7 Å². The molecule has 8 nitrogen and oxygen atoms in total. The van der Waals surface area contributed by atoms with E-state index in [1.54, 1.807) is 0 Å². The van der Waals surface area contributed by atoms with E-state index in [0.717, 1.165) is 105 Å². The van der Waals surface area contributed by atoms with E-state index in [9.17, 15) is 5.11 Å². The highest BCUT2D eigenvalue weighted by molar-refractivity contribution is 5.02. The minimum absolute atomic E-state index is 0.114. The van der Waals surface area contributed by atoms with Crippen molar-refractivity contribution in [3.05, 3.63) is 0 Å². The Morgan fingerprint density at radius 1 is 0.688 bits per heavy atom. The molecule has 0 aromatic heterocycles. The van der Waals surface area contributed by atoms with Gasteiger partial charge < -0.3 is 20.1 Å². The Morgan fingerprint density at radius 2 is 1.19 bits per heavy atom. The second kappa shape index (κ2) is 11.9. The molecule has 0 aliphatic carbocycles. The first-order chi connectivity index (χ1) is 15.5. The molecule has 0 aromatic rings. The molecule has 4 rings (SSSR count). The molecule has 0 radical (unpaired) electrons. The number of hydrogen-bond donors (Lipinski definition) is 2. The summed E-state index contributed by atoms with van der Waals surface area (Å²) in [5.74, 6) is 0. The Morgan fingerprint density at radius 3 is 1.75 bits per heavy atom. The molecular formula is C24H48N6O2. The molecule has 0 aromatic carbocycles. The third-order valence-corrected chi connectivity index (χ3v) is 8.57. The highest BCUT2D eigenvalue weighted by atomic mass is 16.5. The van der Waals surface area contributed by atoms with Gasteiger partial charge in [-0.15, -0.1) is 0 Å². The zero-order chi connectivity index (χ0) is 22.5. The van der Waals surface area contributed by atoms with E-state index < -0.39 is 0 Å². The van der Waals surface area contributed by atoms with Gasteiger partial charge in [0.25, 0.3) is 0 Å². The molecular weight excluding hydrogens is 404 g/mol. The summed E-state index contributed by atoms with van der Waals surface area (Å²) in [4.78, 5) is 13.5. The zero-order valence-corrected chi connectivity index (χ0v) is 20.8. The molecule has 32 heavy (non-hydrogen) atoms. The van der Waals surface area contributed by atoms with Gasteiger partial charge in [0.05, 0.1) is 19.3 Å². The number of aliphatic hydroxyl groups is 1. The molecule has 0 saturated carbocycles. The van der Waals surface area contributed by atoms with E-state index >= 15 is 0 Å². The van der Waals surface area contributed by atoms with E-state index in [0.29, 0.717) is 24.2 Å². The van der Waals surface area contributed by atoms with Crippen molar-refractivity contribution in [3.63, 3.8) is 0 Å². The minimum atomic E-state index is -0.114. The molecule has 4 saturated heterocycles. The molecule has 0 amide bonds. The second-order valence-corrected chi connectivity index (χ2v) is 10.5. The van der Waals surface area contributed by atoms with E-state index in [1.165, 1.54) is 0 Å². The van der Waals surface area contributed by atoms with Crippen LogP contribution in [0.1, 0.15) is 26.7 Å². The monoisotopic (exact) mass is 452 g/mol. The number of aliphatic hydroxyl groups excluding tert-OH is 1. The van der Waals surface area contributed by atoms with Crippen LogP contribution in [0.15, 0.2) is 0 Å². The number of hydrogen-bond acceptors (Lipinski definition) is 8. The summed E-state index contributed by atoms with van der Waals surface area (Å²) in [6, 6.07) is 1.98. The zero-order valence-electron chi connectivity index (χ0n) is 20.8. The van der Waals surface area contributed by atoms with Gasteiger partial charge >= 0.3 is 0 Å². The van der Waals surface area contributed by atoms with Crippen LogP contribution in [0.25, 0.3) is 0 Å². The van der Waals surface area contributed by atoms with E-state index in [2.05, 4.69) is 50.7 Å². The third kappa shape index (κ3) is 6.02. The Kier molecular flexibility index (Phi) is 9.21. The Bertz CT molecular complexity index is 541. The number of ether oxygens (including phenoxy) is 1. The van der Waals surface area contributed by atoms with E-state index in [1.807, 2.05) is 0 Å². The first kappa shape index (κ1) is 24.8. The summed E-state index contributed by atoms with van der Waals surface area (Å²) in [6.07, 6.45) is 1.71. The number of morpholine rings is 1. The lowest BCUT2D eigenvalue weighted by atomic mass is 9.88. The van der Waals surface area contributed by atoms with E-state index in [4.69, 9.17) is 4.74 Å². The first-order valence-electron chi connectivity index (χ1n) is 13.2. The molecule has 0 bridgehead atoms. The quantitative estimate of drug-likeness (QED) is 0.533. The SMILES string of the molecule is C[C@@H]([C@@H]([C@@H]([C@H](C)N1CCC(O)CC1)N1CCN(C)CC1)N1CCNCC1)N1CCOCC1. The summed E-state index contributed by atoms with van der Waals surface area (Å²) < 4.78 is 5.70. The number of rotatable bonds is 7. The first-order valence-corrected chi connectivity index (χ1v) is 13.2. The van der Waals surface area contributed by atoms with Crippen LogP contribution in [0.3, 0.4) is 0 Å². The summed E-state index contributed by atoms with van der Waals surface area (Å²) in [6.45, 7) is 19.9. The maximum absolute atomic E-state index is 10.1. The van der Waals surface area contributed by atoms with Crippen molar-refractivity contribution >= 4 is 0 Å². The van der Waals surface area contributed by atoms with Gasteiger partial charge in [-0.1, -0.05) is 0 Å². The predicted octanol–water partition coefficient (Wildman–Crippen LogP) is -0.558. The lowest BCUT2D eigenvalue weighted by Crippen LogP contribution is -2.70.